The number of nitrogens with zero attached hydrogens (tertiary/aromatic N) is 4. The van der Waals surface area contributed by atoms with Crippen LogP contribution in [0.3, 0.4) is 0 Å². The minimum Gasteiger partial charge on any atom is -0.346 e. The van der Waals surface area contributed by atoms with Crippen LogP contribution in [0.25, 0.3) is 10.6 Å². The molecule has 1 amide bonds. The Morgan fingerprint density at radius 2 is 1.93 bits per heavy atom. The number of amides is 1. The minimum absolute atomic E-state index is 0.0917. The van der Waals surface area contributed by atoms with Crippen LogP contribution in [0.4, 0.5) is 9.52 Å². The number of aryl methyl sites for hydroxylation is 1. The van der Waals surface area contributed by atoms with E-state index < -0.39 is 0 Å². The average molecular weight is 403 g/mol. The lowest BCUT2D eigenvalue weighted by molar-refractivity contribution is 0.0762. The van der Waals surface area contributed by atoms with Crippen LogP contribution in [-0.2, 0) is 0 Å². The van der Waals surface area contributed by atoms with E-state index in [4.69, 9.17) is 0 Å². The Kier molecular flexibility index (Phi) is 5.18. The number of carbonyl (C=O) groups is 1. The summed E-state index contributed by atoms with van der Waals surface area (Å²) in [7, 11) is 0. The summed E-state index contributed by atoms with van der Waals surface area (Å²) in [6, 6.07) is 6.50. The zero-order chi connectivity index (χ0) is 18.8. The third kappa shape index (κ3) is 3.86. The van der Waals surface area contributed by atoms with Crippen LogP contribution >= 0.6 is 22.7 Å². The lowest BCUT2D eigenvalue weighted by atomic mass is 10.2. The lowest BCUT2D eigenvalue weighted by Crippen LogP contribution is -2.35. The van der Waals surface area contributed by atoms with Gasteiger partial charge in [0.05, 0.1) is 5.69 Å². The van der Waals surface area contributed by atoms with Crippen molar-refractivity contribution >= 4 is 33.7 Å². The molecule has 3 heterocycles. The number of rotatable bonds is 3. The van der Waals surface area contributed by atoms with E-state index >= 15 is 0 Å². The number of hydrogen-bond donors (Lipinski definition) is 0. The van der Waals surface area contributed by atoms with Gasteiger partial charge in [-0.25, -0.2) is 14.4 Å². The molecule has 0 bridgehead atoms. The predicted molar refractivity (Wildman–Crippen MR) is 107 cm³/mol. The fourth-order valence-electron chi connectivity index (χ4n) is 3.09. The van der Waals surface area contributed by atoms with Crippen molar-refractivity contribution in [3.05, 3.63) is 52.2 Å². The second-order valence-corrected chi connectivity index (χ2v) is 8.12. The van der Waals surface area contributed by atoms with Crippen molar-refractivity contribution in [3.63, 3.8) is 0 Å². The Morgan fingerprint density at radius 3 is 2.70 bits per heavy atom. The molecule has 1 fully saturated rings. The molecule has 0 saturated carbocycles. The van der Waals surface area contributed by atoms with Crippen molar-refractivity contribution in [3.8, 4) is 10.6 Å². The van der Waals surface area contributed by atoms with E-state index in [1.54, 1.807) is 34.9 Å². The maximum absolute atomic E-state index is 14.0. The topological polar surface area (TPSA) is 49.3 Å². The molecule has 8 heteroatoms. The van der Waals surface area contributed by atoms with Crippen molar-refractivity contribution in [2.45, 2.75) is 13.3 Å². The first-order valence-corrected chi connectivity index (χ1v) is 10.5. The molecule has 5 nitrogen and oxygen atoms in total. The predicted octanol–water partition coefficient (Wildman–Crippen LogP) is 4.07. The molecule has 4 rings (SSSR count). The zero-order valence-corrected chi connectivity index (χ0v) is 16.5. The first-order chi connectivity index (χ1) is 13.1. The van der Waals surface area contributed by atoms with Crippen LogP contribution in [0, 0.1) is 12.7 Å². The van der Waals surface area contributed by atoms with Gasteiger partial charge in [0, 0.05) is 42.5 Å². The highest BCUT2D eigenvalue weighted by atomic mass is 32.1. The normalized spacial score (nSPS) is 15.0. The van der Waals surface area contributed by atoms with Gasteiger partial charge in [0.1, 0.15) is 16.5 Å². The molecule has 0 unspecified atom stereocenters. The van der Waals surface area contributed by atoms with Gasteiger partial charge in [-0.2, -0.15) is 0 Å². The van der Waals surface area contributed by atoms with Crippen LogP contribution in [-0.4, -0.2) is 47.0 Å². The summed E-state index contributed by atoms with van der Waals surface area (Å²) < 4.78 is 14.0. The highest BCUT2D eigenvalue weighted by Gasteiger charge is 2.23. The van der Waals surface area contributed by atoms with Crippen molar-refractivity contribution in [2.75, 3.05) is 31.1 Å². The number of halogens is 1. The molecule has 3 aromatic rings. The lowest BCUT2D eigenvalue weighted by Gasteiger charge is -2.21. The summed E-state index contributed by atoms with van der Waals surface area (Å²) in [6.07, 6.45) is 0.884. The van der Waals surface area contributed by atoms with E-state index in [2.05, 4.69) is 14.9 Å². The van der Waals surface area contributed by atoms with E-state index in [9.17, 15) is 9.18 Å². The molecule has 1 aromatic carbocycles. The van der Waals surface area contributed by atoms with Crippen LogP contribution < -0.4 is 4.90 Å². The first-order valence-electron chi connectivity index (χ1n) is 8.78. The van der Waals surface area contributed by atoms with Crippen LogP contribution in [0.2, 0.25) is 0 Å². The summed E-state index contributed by atoms with van der Waals surface area (Å²) >= 11 is 2.94. The van der Waals surface area contributed by atoms with Crippen molar-refractivity contribution in [1.82, 2.24) is 14.9 Å². The van der Waals surface area contributed by atoms with Crippen molar-refractivity contribution < 1.29 is 9.18 Å². The minimum atomic E-state index is -0.324. The summed E-state index contributed by atoms with van der Waals surface area (Å²) in [5.74, 6) is -0.416. The van der Waals surface area contributed by atoms with Gasteiger partial charge in [-0.3, -0.25) is 4.79 Å². The highest BCUT2D eigenvalue weighted by molar-refractivity contribution is 7.13. The van der Waals surface area contributed by atoms with E-state index in [0.29, 0.717) is 29.4 Å². The fourth-order valence-corrected chi connectivity index (χ4v) is 4.77. The molecule has 1 aliphatic rings. The van der Waals surface area contributed by atoms with Gasteiger partial charge in [0.2, 0.25) is 0 Å². The number of carbonyl (C=O) groups excluding carboxylic acids is 1. The molecular weight excluding hydrogens is 383 g/mol. The Bertz CT molecular complexity index is 955. The SMILES string of the molecule is Cc1csc(N2CCCN(C(=O)c3csc(-c4ccccc4F)n3)CC2)n1. The van der Waals surface area contributed by atoms with Gasteiger partial charge < -0.3 is 9.80 Å². The first kappa shape index (κ1) is 18.1. The maximum atomic E-state index is 14.0. The van der Waals surface area contributed by atoms with Crippen molar-refractivity contribution in [2.24, 2.45) is 0 Å². The molecular formula is C19H19FN4OS2. The molecule has 0 aliphatic carbocycles. The zero-order valence-electron chi connectivity index (χ0n) is 14.9. The van der Waals surface area contributed by atoms with E-state index in [-0.39, 0.29) is 11.7 Å². The Morgan fingerprint density at radius 1 is 1.07 bits per heavy atom. The summed E-state index contributed by atoms with van der Waals surface area (Å²) in [6.45, 7) is 4.94. The fraction of sp³-hybridized carbons (Fsp3) is 0.316. The van der Waals surface area contributed by atoms with E-state index in [1.165, 1.54) is 17.4 Å². The molecule has 0 atom stereocenters. The number of aromatic nitrogens is 2. The third-order valence-corrected chi connectivity index (χ3v) is 6.38. The van der Waals surface area contributed by atoms with Gasteiger partial charge in [-0.05, 0) is 25.5 Å². The molecule has 0 N–H and O–H groups in total. The van der Waals surface area contributed by atoms with Gasteiger partial charge >= 0.3 is 0 Å². The van der Waals surface area contributed by atoms with E-state index in [1.807, 2.05) is 17.2 Å². The number of thiazole rings is 2. The second-order valence-electron chi connectivity index (χ2n) is 6.42. The maximum Gasteiger partial charge on any atom is 0.273 e. The monoisotopic (exact) mass is 402 g/mol. The third-order valence-electron chi connectivity index (χ3n) is 4.49. The van der Waals surface area contributed by atoms with Crippen LogP contribution in [0.15, 0.2) is 35.0 Å². The van der Waals surface area contributed by atoms with Crippen LogP contribution in [0.1, 0.15) is 22.6 Å². The molecule has 140 valence electrons. The quantitative estimate of drug-likeness (QED) is 0.663. The van der Waals surface area contributed by atoms with Gasteiger partial charge in [0.15, 0.2) is 5.13 Å². The molecule has 0 radical (unpaired) electrons. The number of benzene rings is 1. The molecule has 1 saturated heterocycles. The number of anilines is 1. The van der Waals surface area contributed by atoms with Gasteiger partial charge in [0.25, 0.3) is 5.91 Å². The molecule has 27 heavy (non-hydrogen) atoms. The molecule has 0 spiro atoms. The van der Waals surface area contributed by atoms with Gasteiger partial charge in [-0.1, -0.05) is 12.1 Å². The Balaban J connectivity index is 1.46. The smallest absolute Gasteiger partial charge is 0.273 e. The second kappa shape index (κ2) is 7.74. The summed E-state index contributed by atoms with van der Waals surface area (Å²) in [5.41, 5.74) is 1.84. The van der Waals surface area contributed by atoms with E-state index in [0.717, 1.165) is 30.3 Å². The standard InChI is InChI=1S/C19H19FN4OS2/c1-13-11-27-19(21-13)24-8-4-7-23(9-10-24)18(25)16-12-26-17(22-16)14-5-2-3-6-15(14)20/h2-3,5-6,11-12H,4,7-10H2,1H3. The molecule has 2 aromatic heterocycles. The molecule has 1 aliphatic heterocycles. The average Bonchev–Trinajstić information content (AvgIpc) is 3.25. The van der Waals surface area contributed by atoms with Crippen molar-refractivity contribution in [1.29, 1.82) is 0 Å². The summed E-state index contributed by atoms with van der Waals surface area (Å²) in [4.78, 5) is 25.9. The van der Waals surface area contributed by atoms with Gasteiger partial charge in [-0.15, -0.1) is 22.7 Å². The largest absolute Gasteiger partial charge is 0.346 e. The number of hydrogen-bond acceptors (Lipinski definition) is 6. The summed E-state index contributed by atoms with van der Waals surface area (Å²) in [5, 5.41) is 5.31. The Labute approximate surface area is 165 Å². The van der Waals surface area contributed by atoms with Crippen LogP contribution in [0.5, 0.6) is 0 Å². The Hall–Kier alpha value is -2.32. The highest BCUT2D eigenvalue weighted by Crippen LogP contribution is 2.27.